The summed E-state index contributed by atoms with van der Waals surface area (Å²) < 4.78 is 1.66. The number of hydrogen-bond acceptors (Lipinski definition) is 4. The quantitative estimate of drug-likeness (QED) is 0.219. The van der Waals surface area contributed by atoms with Gasteiger partial charge in [-0.1, -0.05) is 86.3 Å². The molecule has 1 atom stereocenters. The van der Waals surface area contributed by atoms with Crippen molar-refractivity contribution < 1.29 is 4.79 Å². The van der Waals surface area contributed by atoms with Crippen LogP contribution in [0.25, 0.3) is 16.6 Å². The summed E-state index contributed by atoms with van der Waals surface area (Å²) in [6, 6.07) is 24.5. The number of nitrogens with zero attached hydrogens (tertiary/aromatic N) is 2. The van der Waals surface area contributed by atoms with Gasteiger partial charge in [-0.2, -0.15) is 0 Å². The molecule has 0 spiro atoms. The lowest BCUT2D eigenvalue weighted by Crippen LogP contribution is -2.24. The van der Waals surface area contributed by atoms with Crippen LogP contribution in [0, 0.1) is 0 Å². The maximum atomic E-state index is 13.6. The van der Waals surface area contributed by atoms with E-state index >= 15 is 0 Å². The Morgan fingerprint density at radius 2 is 1.52 bits per heavy atom. The first-order valence-electron chi connectivity index (χ1n) is 10.3. The topological polar surface area (TPSA) is 52.0 Å². The average molecular weight is 429 g/mol. The maximum Gasteiger partial charge on any atom is 0.266 e. The molecule has 0 N–H and O–H groups in total. The Morgan fingerprint density at radius 3 is 2.26 bits per heavy atom. The van der Waals surface area contributed by atoms with Gasteiger partial charge in [-0.05, 0) is 36.6 Å². The minimum absolute atomic E-state index is 0.0108. The molecule has 5 heteroatoms. The maximum absolute atomic E-state index is 13.6. The van der Waals surface area contributed by atoms with Crippen LogP contribution < -0.4 is 5.56 Å². The lowest BCUT2D eigenvalue weighted by atomic mass is 10.0. The van der Waals surface area contributed by atoms with E-state index in [0.717, 1.165) is 11.3 Å². The second kappa shape index (κ2) is 8.90. The number of rotatable bonds is 6. The zero-order valence-corrected chi connectivity index (χ0v) is 18.6. The minimum atomic E-state index is -0.395. The molecule has 4 aromatic rings. The first kappa shape index (κ1) is 21.1. The van der Waals surface area contributed by atoms with Gasteiger partial charge in [0.05, 0.1) is 21.8 Å². The van der Waals surface area contributed by atoms with Gasteiger partial charge in [-0.3, -0.25) is 14.2 Å². The van der Waals surface area contributed by atoms with Crippen molar-refractivity contribution in [2.45, 2.75) is 37.1 Å². The average Bonchev–Trinajstić information content (AvgIpc) is 2.79. The van der Waals surface area contributed by atoms with Crippen LogP contribution in [0.2, 0.25) is 0 Å². The molecular weight excluding hydrogens is 404 g/mol. The molecule has 0 saturated carbocycles. The van der Waals surface area contributed by atoms with Crippen LogP contribution in [0.3, 0.4) is 0 Å². The van der Waals surface area contributed by atoms with Gasteiger partial charge in [-0.15, -0.1) is 0 Å². The SMILES string of the molecule is CC(Sc1nc2ccccc2c(=O)n1-c1ccccc1C(C)C)C(=O)c1ccccc1. The van der Waals surface area contributed by atoms with Crippen molar-refractivity contribution in [2.75, 3.05) is 0 Å². The minimum Gasteiger partial charge on any atom is -0.293 e. The van der Waals surface area contributed by atoms with Crippen LogP contribution in [0.4, 0.5) is 0 Å². The van der Waals surface area contributed by atoms with Crippen LogP contribution in [0.15, 0.2) is 88.8 Å². The van der Waals surface area contributed by atoms with Crippen molar-refractivity contribution in [1.29, 1.82) is 0 Å². The highest BCUT2D eigenvalue weighted by atomic mass is 32.2. The van der Waals surface area contributed by atoms with Crippen molar-refractivity contribution >= 4 is 28.4 Å². The normalized spacial score (nSPS) is 12.3. The van der Waals surface area contributed by atoms with E-state index in [1.54, 1.807) is 10.6 Å². The third-order valence-corrected chi connectivity index (χ3v) is 6.31. The fourth-order valence-electron chi connectivity index (χ4n) is 3.63. The smallest absolute Gasteiger partial charge is 0.266 e. The van der Waals surface area contributed by atoms with Gasteiger partial charge in [0.1, 0.15) is 0 Å². The summed E-state index contributed by atoms with van der Waals surface area (Å²) in [4.78, 5) is 31.4. The summed E-state index contributed by atoms with van der Waals surface area (Å²) in [6.07, 6.45) is 0. The molecular formula is C26H24N2O2S. The molecule has 0 aliphatic carbocycles. The zero-order valence-electron chi connectivity index (χ0n) is 17.8. The van der Waals surface area contributed by atoms with Gasteiger partial charge in [0.25, 0.3) is 5.56 Å². The molecule has 1 aromatic heterocycles. The molecule has 4 rings (SSSR count). The molecule has 0 fully saturated rings. The standard InChI is InChI=1S/C26H24N2O2S/c1-17(2)20-13-8-10-16-23(20)28-25(30)21-14-7-9-15-22(21)27-26(28)31-18(3)24(29)19-11-5-4-6-12-19/h4-18H,1-3H3. The summed E-state index contributed by atoms with van der Waals surface area (Å²) in [6.45, 7) is 6.07. The number of ketones is 1. The Morgan fingerprint density at radius 1 is 0.871 bits per heavy atom. The van der Waals surface area contributed by atoms with Gasteiger partial charge in [-0.25, -0.2) is 4.98 Å². The van der Waals surface area contributed by atoms with Crippen LogP contribution >= 0.6 is 11.8 Å². The molecule has 0 saturated heterocycles. The molecule has 0 radical (unpaired) electrons. The highest BCUT2D eigenvalue weighted by Gasteiger charge is 2.22. The van der Waals surface area contributed by atoms with E-state index < -0.39 is 5.25 Å². The lowest BCUT2D eigenvalue weighted by molar-refractivity contribution is 0.0994. The van der Waals surface area contributed by atoms with Crippen molar-refractivity contribution in [2.24, 2.45) is 0 Å². The summed E-state index contributed by atoms with van der Waals surface area (Å²) in [5, 5.41) is 0.689. The predicted octanol–water partition coefficient (Wildman–Crippen LogP) is 5.87. The number of aromatic nitrogens is 2. The van der Waals surface area contributed by atoms with Crippen LogP contribution in [0.1, 0.15) is 42.6 Å². The first-order chi connectivity index (χ1) is 15.0. The van der Waals surface area contributed by atoms with E-state index in [4.69, 9.17) is 4.98 Å². The predicted molar refractivity (Wildman–Crippen MR) is 128 cm³/mol. The highest BCUT2D eigenvalue weighted by molar-refractivity contribution is 8.00. The molecule has 1 unspecified atom stereocenters. The third-order valence-electron chi connectivity index (χ3n) is 5.25. The van der Waals surface area contributed by atoms with E-state index in [-0.39, 0.29) is 17.3 Å². The number of benzene rings is 3. The molecule has 156 valence electrons. The molecule has 1 heterocycles. The number of carbonyl (C=O) groups is 1. The van der Waals surface area contributed by atoms with E-state index in [9.17, 15) is 9.59 Å². The number of hydrogen-bond donors (Lipinski definition) is 0. The Kier molecular flexibility index (Phi) is 6.05. The van der Waals surface area contributed by atoms with E-state index in [0.29, 0.717) is 21.6 Å². The highest BCUT2D eigenvalue weighted by Crippen LogP contribution is 2.30. The fraction of sp³-hybridized carbons (Fsp3) is 0.192. The summed E-state index contributed by atoms with van der Waals surface area (Å²) >= 11 is 1.32. The van der Waals surface area contributed by atoms with Crippen LogP contribution in [-0.4, -0.2) is 20.6 Å². The van der Waals surface area contributed by atoms with Crippen molar-refractivity contribution in [3.05, 3.63) is 100 Å². The first-order valence-corrected chi connectivity index (χ1v) is 11.2. The zero-order chi connectivity index (χ0) is 22.0. The van der Waals surface area contributed by atoms with E-state index in [1.165, 1.54) is 11.8 Å². The van der Waals surface area contributed by atoms with Gasteiger partial charge in [0.15, 0.2) is 10.9 Å². The Labute approximate surface area is 186 Å². The summed E-state index contributed by atoms with van der Waals surface area (Å²) in [5.74, 6) is 0.243. The fourth-order valence-corrected chi connectivity index (χ4v) is 4.63. The van der Waals surface area contributed by atoms with E-state index in [1.807, 2.05) is 79.7 Å². The number of Topliss-reactive ketones (excluding diaryl/α,β-unsaturated/α-hetero) is 1. The van der Waals surface area contributed by atoms with Crippen molar-refractivity contribution in [3.63, 3.8) is 0 Å². The second-order valence-electron chi connectivity index (χ2n) is 7.76. The van der Waals surface area contributed by atoms with Gasteiger partial charge in [0.2, 0.25) is 0 Å². The number of fused-ring (bicyclic) bond motifs is 1. The Hall–Kier alpha value is -3.18. The molecule has 0 amide bonds. The van der Waals surface area contributed by atoms with Crippen LogP contribution in [0.5, 0.6) is 0 Å². The molecule has 31 heavy (non-hydrogen) atoms. The van der Waals surface area contributed by atoms with E-state index in [2.05, 4.69) is 13.8 Å². The van der Waals surface area contributed by atoms with Crippen molar-refractivity contribution in [3.8, 4) is 5.69 Å². The molecule has 0 aliphatic heterocycles. The van der Waals surface area contributed by atoms with Crippen LogP contribution in [-0.2, 0) is 0 Å². The third kappa shape index (κ3) is 4.19. The number of carbonyl (C=O) groups excluding carboxylic acids is 1. The molecule has 3 aromatic carbocycles. The van der Waals surface area contributed by atoms with Crippen molar-refractivity contribution in [1.82, 2.24) is 9.55 Å². The summed E-state index contributed by atoms with van der Waals surface area (Å²) in [5.41, 5.74) is 3.03. The molecule has 0 bridgehead atoms. The number of para-hydroxylation sites is 2. The largest absolute Gasteiger partial charge is 0.293 e. The Balaban J connectivity index is 1.88. The van der Waals surface area contributed by atoms with Gasteiger partial charge < -0.3 is 0 Å². The monoisotopic (exact) mass is 428 g/mol. The number of thioether (sulfide) groups is 1. The molecule has 0 aliphatic rings. The summed E-state index contributed by atoms with van der Waals surface area (Å²) in [7, 11) is 0. The second-order valence-corrected chi connectivity index (χ2v) is 9.06. The van der Waals surface area contributed by atoms with Gasteiger partial charge >= 0.3 is 0 Å². The Bertz CT molecular complexity index is 1300. The lowest BCUT2D eigenvalue weighted by Gasteiger charge is -2.19. The van der Waals surface area contributed by atoms with Gasteiger partial charge in [0, 0.05) is 5.56 Å². The molecule has 4 nitrogen and oxygen atoms in total.